The molecule has 1 rings (SSSR count). The van der Waals surface area contributed by atoms with E-state index in [0.717, 1.165) is 32.2 Å². The van der Waals surface area contributed by atoms with E-state index in [1.54, 1.807) is 7.05 Å². The quantitative estimate of drug-likeness (QED) is 0.742. The van der Waals surface area contributed by atoms with Crippen LogP contribution in [0.2, 0.25) is 0 Å². The maximum Gasteiger partial charge on any atom is 0.324 e. The second kappa shape index (κ2) is 5.83. The normalized spacial score (nSPS) is 29.2. The molecule has 0 heterocycles. The zero-order valence-electron chi connectivity index (χ0n) is 11.5. The number of carbonyl (C=O) groups is 1. The van der Waals surface area contributed by atoms with Crippen LogP contribution in [0.3, 0.4) is 0 Å². The van der Waals surface area contributed by atoms with Gasteiger partial charge < -0.3 is 15.3 Å². The van der Waals surface area contributed by atoms with Gasteiger partial charge in [0.2, 0.25) is 0 Å². The van der Waals surface area contributed by atoms with Gasteiger partial charge in [0.15, 0.2) is 0 Å². The highest BCUT2D eigenvalue weighted by Gasteiger charge is 2.47. The molecule has 0 saturated heterocycles. The van der Waals surface area contributed by atoms with Gasteiger partial charge in [-0.05, 0) is 59.7 Å². The van der Waals surface area contributed by atoms with Crippen LogP contribution in [0, 0.1) is 5.92 Å². The number of aliphatic carboxylic acids is 1. The number of nitrogens with zero attached hydrogens (tertiary/aromatic N) is 1. The summed E-state index contributed by atoms with van der Waals surface area (Å²) in [6, 6.07) is 0.519. The molecule has 1 saturated carbocycles. The van der Waals surface area contributed by atoms with Crippen molar-refractivity contribution in [1.82, 2.24) is 10.2 Å². The molecule has 0 aromatic rings. The average molecular weight is 242 g/mol. The van der Waals surface area contributed by atoms with Crippen molar-refractivity contribution in [2.45, 2.75) is 51.1 Å². The fourth-order valence-corrected chi connectivity index (χ4v) is 2.80. The van der Waals surface area contributed by atoms with Gasteiger partial charge in [0, 0.05) is 6.04 Å². The van der Waals surface area contributed by atoms with Crippen LogP contribution in [0.4, 0.5) is 0 Å². The number of hydrogen-bond donors (Lipinski definition) is 2. The molecule has 4 heteroatoms. The van der Waals surface area contributed by atoms with Gasteiger partial charge in [-0.1, -0.05) is 6.42 Å². The molecular weight excluding hydrogens is 216 g/mol. The topological polar surface area (TPSA) is 52.6 Å². The molecule has 0 aromatic heterocycles. The van der Waals surface area contributed by atoms with Crippen molar-refractivity contribution in [2.75, 3.05) is 20.6 Å². The van der Waals surface area contributed by atoms with Gasteiger partial charge in [-0.3, -0.25) is 4.79 Å². The van der Waals surface area contributed by atoms with Crippen molar-refractivity contribution >= 4 is 5.97 Å². The molecule has 0 amide bonds. The van der Waals surface area contributed by atoms with Crippen LogP contribution >= 0.6 is 0 Å². The molecule has 1 fully saturated rings. The van der Waals surface area contributed by atoms with Crippen molar-refractivity contribution in [2.24, 2.45) is 5.92 Å². The zero-order valence-corrected chi connectivity index (χ0v) is 11.5. The third kappa shape index (κ3) is 2.99. The summed E-state index contributed by atoms with van der Waals surface area (Å²) in [5.41, 5.74) is -0.683. The Kier molecular flexibility index (Phi) is 4.95. The standard InChI is InChI=1S/C13H26N2O2/c1-10(2)15(4)9-7-11-6-5-8-13(11,14-3)12(16)17/h10-11,14H,5-9H2,1-4H3,(H,16,17). The van der Waals surface area contributed by atoms with Crippen LogP contribution in [0.5, 0.6) is 0 Å². The first kappa shape index (κ1) is 14.5. The Bertz CT molecular complexity index is 268. The SMILES string of the molecule is CNC1(C(=O)O)CCCC1CCN(C)C(C)C. The summed E-state index contributed by atoms with van der Waals surface area (Å²) in [4.78, 5) is 13.7. The molecular formula is C13H26N2O2. The zero-order chi connectivity index (χ0) is 13.1. The first-order valence-corrected chi connectivity index (χ1v) is 6.56. The maximum atomic E-state index is 11.5. The molecule has 1 aliphatic rings. The summed E-state index contributed by atoms with van der Waals surface area (Å²) in [6.07, 6.45) is 3.76. The van der Waals surface area contributed by atoms with Crippen molar-refractivity contribution in [1.29, 1.82) is 0 Å². The maximum absolute atomic E-state index is 11.5. The van der Waals surface area contributed by atoms with E-state index in [-0.39, 0.29) is 5.92 Å². The number of likely N-dealkylation sites (N-methyl/N-ethyl adjacent to an activating group) is 1. The van der Waals surface area contributed by atoms with Gasteiger partial charge in [-0.2, -0.15) is 0 Å². The molecule has 0 spiro atoms. The number of nitrogens with one attached hydrogen (secondary N) is 1. The Morgan fingerprint density at radius 3 is 2.71 bits per heavy atom. The van der Waals surface area contributed by atoms with Crippen LogP contribution in [-0.4, -0.2) is 48.2 Å². The lowest BCUT2D eigenvalue weighted by atomic mass is 9.84. The molecule has 0 radical (unpaired) electrons. The first-order valence-electron chi connectivity index (χ1n) is 6.56. The van der Waals surface area contributed by atoms with E-state index < -0.39 is 11.5 Å². The van der Waals surface area contributed by atoms with Crippen LogP contribution in [0.15, 0.2) is 0 Å². The summed E-state index contributed by atoms with van der Waals surface area (Å²) >= 11 is 0. The van der Waals surface area contributed by atoms with Gasteiger partial charge in [0.05, 0.1) is 0 Å². The van der Waals surface area contributed by atoms with Crippen LogP contribution in [0.25, 0.3) is 0 Å². The van der Waals surface area contributed by atoms with Gasteiger partial charge in [-0.25, -0.2) is 0 Å². The lowest BCUT2D eigenvalue weighted by molar-refractivity contribution is -0.146. The van der Waals surface area contributed by atoms with Gasteiger partial charge in [0.25, 0.3) is 0 Å². The third-order valence-corrected chi connectivity index (χ3v) is 4.36. The Labute approximate surface area is 104 Å². The van der Waals surface area contributed by atoms with Crippen molar-refractivity contribution < 1.29 is 9.90 Å². The molecule has 100 valence electrons. The van der Waals surface area contributed by atoms with Gasteiger partial charge in [-0.15, -0.1) is 0 Å². The Morgan fingerprint density at radius 2 is 2.24 bits per heavy atom. The van der Waals surface area contributed by atoms with Crippen molar-refractivity contribution in [3.63, 3.8) is 0 Å². The summed E-state index contributed by atoms with van der Waals surface area (Å²) in [6.45, 7) is 5.30. The molecule has 0 bridgehead atoms. The van der Waals surface area contributed by atoms with E-state index in [1.807, 2.05) is 0 Å². The molecule has 2 unspecified atom stereocenters. The second-order valence-corrected chi connectivity index (χ2v) is 5.48. The van der Waals surface area contributed by atoms with Crippen LogP contribution in [-0.2, 0) is 4.79 Å². The van der Waals surface area contributed by atoms with Crippen molar-refractivity contribution in [3.05, 3.63) is 0 Å². The van der Waals surface area contributed by atoms with E-state index in [0.29, 0.717) is 6.04 Å². The van der Waals surface area contributed by atoms with Crippen LogP contribution in [0.1, 0.15) is 39.5 Å². The Hall–Kier alpha value is -0.610. The smallest absolute Gasteiger partial charge is 0.324 e. The third-order valence-electron chi connectivity index (χ3n) is 4.36. The number of carboxylic acids is 1. The summed E-state index contributed by atoms with van der Waals surface area (Å²) in [5.74, 6) is -0.430. The van der Waals surface area contributed by atoms with E-state index in [9.17, 15) is 9.90 Å². The highest BCUT2D eigenvalue weighted by Crippen LogP contribution is 2.38. The van der Waals surface area contributed by atoms with Gasteiger partial charge in [0.1, 0.15) is 5.54 Å². The average Bonchev–Trinajstić information content (AvgIpc) is 2.69. The molecule has 0 aromatic carbocycles. The molecule has 4 nitrogen and oxygen atoms in total. The first-order chi connectivity index (χ1) is 7.94. The summed E-state index contributed by atoms with van der Waals surface area (Å²) < 4.78 is 0. The minimum Gasteiger partial charge on any atom is -0.480 e. The number of rotatable bonds is 6. The van der Waals surface area contributed by atoms with E-state index in [4.69, 9.17) is 0 Å². The van der Waals surface area contributed by atoms with Crippen molar-refractivity contribution in [3.8, 4) is 0 Å². The van der Waals surface area contributed by atoms with E-state index in [2.05, 4.69) is 31.1 Å². The Balaban J connectivity index is 2.60. The lowest BCUT2D eigenvalue weighted by Crippen LogP contribution is -2.53. The van der Waals surface area contributed by atoms with E-state index >= 15 is 0 Å². The fourth-order valence-electron chi connectivity index (χ4n) is 2.80. The number of hydrogen-bond acceptors (Lipinski definition) is 3. The minimum atomic E-state index is -0.685. The predicted molar refractivity (Wildman–Crippen MR) is 69.2 cm³/mol. The molecule has 17 heavy (non-hydrogen) atoms. The predicted octanol–water partition coefficient (Wildman–Crippen LogP) is 1.56. The molecule has 0 aliphatic heterocycles. The summed E-state index contributed by atoms with van der Waals surface area (Å²) in [5, 5.41) is 12.5. The highest BCUT2D eigenvalue weighted by atomic mass is 16.4. The summed E-state index contributed by atoms with van der Waals surface area (Å²) in [7, 11) is 3.88. The monoisotopic (exact) mass is 242 g/mol. The van der Waals surface area contributed by atoms with Gasteiger partial charge >= 0.3 is 5.97 Å². The minimum absolute atomic E-state index is 0.256. The highest BCUT2D eigenvalue weighted by molar-refractivity contribution is 5.79. The van der Waals surface area contributed by atoms with Crippen LogP contribution < -0.4 is 5.32 Å². The molecule has 1 aliphatic carbocycles. The largest absolute Gasteiger partial charge is 0.480 e. The second-order valence-electron chi connectivity index (χ2n) is 5.48. The molecule has 2 atom stereocenters. The Morgan fingerprint density at radius 1 is 1.59 bits per heavy atom. The molecule has 2 N–H and O–H groups in total. The van der Waals surface area contributed by atoms with E-state index in [1.165, 1.54) is 0 Å². The fraction of sp³-hybridized carbons (Fsp3) is 0.923. The number of carboxylic acid groups (broad SMARTS) is 1. The lowest BCUT2D eigenvalue weighted by Gasteiger charge is -2.32.